The number of aldehydes is 1. The minimum atomic E-state index is 0.626. The van der Waals surface area contributed by atoms with Gasteiger partial charge in [0.15, 0.2) is 6.29 Å². The van der Waals surface area contributed by atoms with Crippen LogP contribution in [-0.4, -0.2) is 34.8 Å². The zero-order valence-corrected chi connectivity index (χ0v) is 7.61. The second-order valence-electron chi connectivity index (χ2n) is 3.00. The second-order valence-corrected chi connectivity index (χ2v) is 3.00. The van der Waals surface area contributed by atoms with Gasteiger partial charge in [0.25, 0.3) is 0 Å². The van der Waals surface area contributed by atoms with Crippen LogP contribution in [0.3, 0.4) is 0 Å². The van der Waals surface area contributed by atoms with Crippen molar-refractivity contribution in [1.82, 2.24) is 14.5 Å². The smallest absolute Gasteiger partial charge is 0.168 e. The van der Waals surface area contributed by atoms with E-state index in [2.05, 4.69) is 4.98 Å². The van der Waals surface area contributed by atoms with Gasteiger partial charge in [-0.3, -0.25) is 9.69 Å². The number of hydrogen-bond acceptors (Lipinski definition) is 3. The van der Waals surface area contributed by atoms with Crippen molar-refractivity contribution in [3.05, 3.63) is 17.7 Å². The molecule has 0 unspecified atom stereocenters. The fourth-order valence-electron chi connectivity index (χ4n) is 1.05. The molecule has 0 N–H and O–H groups in total. The van der Waals surface area contributed by atoms with E-state index in [9.17, 15) is 4.79 Å². The van der Waals surface area contributed by atoms with Crippen LogP contribution in [0.4, 0.5) is 0 Å². The van der Waals surface area contributed by atoms with Gasteiger partial charge in [-0.2, -0.15) is 0 Å². The summed E-state index contributed by atoms with van der Waals surface area (Å²) in [6.07, 6.45) is 2.41. The molecular formula is C8H13N3O. The number of imidazole rings is 1. The van der Waals surface area contributed by atoms with Gasteiger partial charge in [0.1, 0.15) is 11.5 Å². The second kappa shape index (κ2) is 3.49. The van der Waals surface area contributed by atoms with Crippen molar-refractivity contribution in [2.45, 2.75) is 13.6 Å². The topological polar surface area (TPSA) is 38.1 Å². The van der Waals surface area contributed by atoms with Crippen LogP contribution in [0.15, 0.2) is 6.20 Å². The molecule has 0 atom stereocenters. The van der Waals surface area contributed by atoms with Gasteiger partial charge in [0.2, 0.25) is 0 Å². The van der Waals surface area contributed by atoms with Crippen LogP contribution >= 0.6 is 0 Å². The summed E-state index contributed by atoms with van der Waals surface area (Å²) in [5.41, 5.74) is 0.626. The number of carbonyl (C=O) groups is 1. The number of aromatic nitrogens is 2. The minimum absolute atomic E-state index is 0.626. The van der Waals surface area contributed by atoms with Crippen molar-refractivity contribution in [3.63, 3.8) is 0 Å². The van der Waals surface area contributed by atoms with Gasteiger partial charge in [-0.25, -0.2) is 4.98 Å². The highest BCUT2D eigenvalue weighted by Crippen LogP contribution is 2.02. The maximum absolute atomic E-state index is 10.5. The monoisotopic (exact) mass is 167 g/mol. The molecule has 0 aromatic carbocycles. The van der Waals surface area contributed by atoms with Crippen molar-refractivity contribution in [2.75, 3.05) is 14.1 Å². The van der Waals surface area contributed by atoms with Crippen LogP contribution in [0.2, 0.25) is 0 Å². The van der Waals surface area contributed by atoms with Crippen molar-refractivity contribution < 1.29 is 4.79 Å². The van der Waals surface area contributed by atoms with Gasteiger partial charge in [0.05, 0.1) is 12.9 Å². The van der Waals surface area contributed by atoms with Gasteiger partial charge >= 0.3 is 0 Å². The molecule has 1 rings (SSSR count). The van der Waals surface area contributed by atoms with E-state index in [1.807, 2.05) is 30.5 Å². The summed E-state index contributed by atoms with van der Waals surface area (Å²) < 4.78 is 1.87. The maximum Gasteiger partial charge on any atom is 0.168 e. The summed E-state index contributed by atoms with van der Waals surface area (Å²) in [6, 6.07) is 0. The molecule has 0 aliphatic heterocycles. The van der Waals surface area contributed by atoms with Crippen molar-refractivity contribution in [3.8, 4) is 0 Å². The zero-order valence-electron chi connectivity index (χ0n) is 7.61. The maximum atomic E-state index is 10.5. The average molecular weight is 167 g/mol. The highest BCUT2D eigenvalue weighted by atomic mass is 16.1. The lowest BCUT2D eigenvalue weighted by Crippen LogP contribution is -2.19. The number of carbonyl (C=O) groups excluding carboxylic acids is 1. The van der Waals surface area contributed by atoms with E-state index in [-0.39, 0.29) is 0 Å². The quantitative estimate of drug-likeness (QED) is 0.616. The van der Waals surface area contributed by atoms with Gasteiger partial charge in [0, 0.05) is 0 Å². The van der Waals surface area contributed by atoms with Crippen molar-refractivity contribution >= 4 is 6.29 Å². The first kappa shape index (κ1) is 8.93. The number of rotatable bonds is 3. The summed E-state index contributed by atoms with van der Waals surface area (Å²) >= 11 is 0. The molecule has 0 radical (unpaired) electrons. The first-order chi connectivity index (χ1) is 5.65. The van der Waals surface area contributed by atoms with Crippen molar-refractivity contribution in [2.24, 2.45) is 0 Å². The highest BCUT2D eigenvalue weighted by Gasteiger charge is 2.04. The van der Waals surface area contributed by atoms with Gasteiger partial charge in [-0.1, -0.05) is 0 Å². The lowest BCUT2D eigenvalue weighted by atomic mass is 10.5. The number of aryl methyl sites for hydroxylation is 1. The van der Waals surface area contributed by atoms with Crippen LogP contribution in [0, 0.1) is 6.92 Å². The van der Waals surface area contributed by atoms with E-state index >= 15 is 0 Å². The van der Waals surface area contributed by atoms with E-state index in [1.54, 1.807) is 6.20 Å². The first-order valence-electron chi connectivity index (χ1n) is 3.77. The molecule has 1 heterocycles. The largest absolute Gasteiger partial charge is 0.312 e. The summed E-state index contributed by atoms with van der Waals surface area (Å²) in [4.78, 5) is 16.6. The van der Waals surface area contributed by atoms with E-state index in [0.717, 1.165) is 12.1 Å². The highest BCUT2D eigenvalue weighted by molar-refractivity contribution is 5.71. The van der Waals surface area contributed by atoms with Crippen molar-refractivity contribution in [1.29, 1.82) is 0 Å². The van der Waals surface area contributed by atoms with Gasteiger partial charge < -0.3 is 4.57 Å². The number of hydrogen-bond donors (Lipinski definition) is 0. The third kappa shape index (κ3) is 1.71. The van der Waals surface area contributed by atoms with Crippen LogP contribution in [0.1, 0.15) is 16.3 Å². The Kier molecular flexibility index (Phi) is 2.60. The molecule has 0 saturated carbocycles. The Morgan fingerprint density at radius 3 is 2.83 bits per heavy atom. The molecule has 0 spiro atoms. The molecule has 1 aromatic heterocycles. The van der Waals surface area contributed by atoms with Crippen LogP contribution in [0.25, 0.3) is 0 Å². The summed E-state index contributed by atoms with van der Waals surface area (Å²) in [6.45, 7) is 2.58. The Bertz CT molecular complexity index is 278. The average Bonchev–Trinajstić information content (AvgIpc) is 2.32. The Labute approximate surface area is 71.8 Å². The summed E-state index contributed by atoms with van der Waals surface area (Å²) in [5, 5.41) is 0. The SMILES string of the molecule is Cc1ncc(C=O)n1CN(C)C. The Balaban J connectivity index is 2.94. The Hall–Kier alpha value is -1.16. The standard InChI is InChI=1S/C8H13N3O/c1-7-9-4-8(5-12)11(7)6-10(2)3/h4-5H,6H2,1-3H3. The molecular weight excluding hydrogens is 154 g/mol. The zero-order chi connectivity index (χ0) is 9.14. The summed E-state index contributed by atoms with van der Waals surface area (Å²) in [7, 11) is 3.90. The van der Waals surface area contributed by atoms with Crippen LogP contribution in [-0.2, 0) is 6.67 Å². The van der Waals surface area contributed by atoms with E-state index in [4.69, 9.17) is 0 Å². The molecule has 4 nitrogen and oxygen atoms in total. The third-order valence-corrected chi connectivity index (χ3v) is 1.63. The molecule has 4 heteroatoms. The predicted molar refractivity (Wildman–Crippen MR) is 46.0 cm³/mol. The number of nitrogens with zero attached hydrogens (tertiary/aromatic N) is 3. The lowest BCUT2D eigenvalue weighted by molar-refractivity contribution is 0.111. The fourth-order valence-corrected chi connectivity index (χ4v) is 1.05. The van der Waals surface area contributed by atoms with Crippen LogP contribution < -0.4 is 0 Å². The van der Waals surface area contributed by atoms with E-state index in [0.29, 0.717) is 12.4 Å². The lowest BCUT2D eigenvalue weighted by Gasteiger charge is -2.12. The molecule has 0 aliphatic rings. The summed E-state index contributed by atoms with van der Waals surface area (Å²) in [5.74, 6) is 0.866. The first-order valence-corrected chi connectivity index (χ1v) is 3.77. The van der Waals surface area contributed by atoms with Crippen LogP contribution in [0.5, 0.6) is 0 Å². The van der Waals surface area contributed by atoms with Gasteiger partial charge in [-0.15, -0.1) is 0 Å². The Morgan fingerprint density at radius 2 is 2.33 bits per heavy atom. The third-order valence-electron chi connectivity index (χ3n) is 1.63. The van der Waals surface area contributed by atoms with E-state index in [1.165, 1.54) is 0 Å². The molecule has 12 heavy (non-hydrogen) atoms. The van der Waals surface area contributed by atoms with E-state index < -0.39 is 0 Å². The molecule has 66 valence electrons. The Morgan fingerprint density at radius 1 is 1.67 bits per heavy atom. The predicted octanol–water partition coefficient (Wildman–Crippen LogP) is 0.523. The molecule has 0 aliphatic carbocycles. The molecule has 1 aromatic rings. The molecule has 0 saturated heterocycles. The molecule has 0 fully saturated rings. The normalized spacial score (nSPS) is 10.7. The molecule has 0 bridgehead atoms. The van der Waals surface area contributed by atoms with Gasteiger partial charge in [-0.05, 0) is 21.0 Å². The molecule has 0 amide bonds. The fraction of sp³-hybridized carbons (Fsp3) is 0.500. The minimum Gasteiger partial charge on any atom is -0.312 e.